The zero-order chi connectivity index (χ0) is 15.5. The molecular formula is C14H14ClNO3S2. The number of benzene rings is 1. The fraction of sp³-hybridized carbons (Fsp3) is 0.214. The lowest BCUT2D eigenvalue weighted by atomic mass is 10.4. The first-order valence-corrected chi connectivity index (χ1v) is 9.04. The van der Waals surface area contributed by atoms with Gasteiger partial charge < -0.3 is 4.90 Å². The first-order chi connectivity index (χ1) is 9.88. The topological polar surface area (TPSA) is 54.5 Å². The van der Waals surface area contributed by atoms with E-state index >= 15 is 0 Å². The summed E-state index contributed by atoms with van der Waals surface area (Å²) < 4.78 is 24.3. The molecule has 0 aliphatic heterocycles. The average molecular weight is 344 g/mol. The Bertz CT molecular complexity index is 709. The maximum atomic E-state index is 12.2. The van der Waals surface area contributed by atoms with Crippen LogP contribution in [0.1, 0.15) is 4.88 Å². The van der Waals surface area contributed by atoms with Crippen LogP contribution in [0.4, 0.5) is 0 Å². The minimum Gasteiger partial charge on any atom is -0.340 e. The Morgan fingerprint density at radius 2 is 1.90 bits per heavy atom. The van der Waals surface area contributed by atoms with Gasteiger partial charge in [-0.05, 0) is 35.7 Å². The van der Waals surface area contributed by atoms with Crippen LogP contribution in [0.25, 0.3) is 0 Å². The van der Waals surface area contributed by atoms with E-state index in [1.807, 2.05) is 17.5 Å². The second-order valence-electron chi connectivity index (χ2n) is 4.54. The van der Waals surface area contributed by atoms with E-state index in [1.165, 1.54) is 40.5 Å². The van der Waals surface area contributed by atoms with Crippen LogP contribution in [-0.2, 0) is 21.2 Å². The number of hydrogen-bond acceptors (Lipinski definition) is 4. The predicted molar refractivity (Wildman–Crippen MR) is 84.3 cm³/mol. The highest BCUT2D eigenvalue weighted by Crippen LogP contribution is 2.16. The summed E-state index contributed by atoms with van der Waals surface area (Å²) in [5.41, 5.74) is 0. The van der Waals surface area contributed by atoms with Gasteiger partial charge in [-0.15, -0.1) is 11.3 Å². The molecule has 0 atom stereocenters. The molecular weight excluding hydrogens is 330 g/mol. The van der Waals surface area contributed by atoms with Gasteiger partial charge in [0.25, 0.3) is 0 Å². The van der Waals surface area contributed by atoms with Crippen molar-refractivity contribution in [1.82, 2.24) is 4.90 Å². The number of rotatable bonds is 5. The molecule has 1 heterocycles. The third kappa shape index (κ3) is 4.30. The van der Waals surface area contributed by atoms with Crippen LogP contribution in [0.3, 0.4) is 0 Å². The molecule has 1 aromatic heterocycles. The van der Waals surface area contributed by atoms with Crippen LogP contribution in [0.15, 0.2) is 46.7 Å². The molecule has 0 saturated carbocycles. The zero-order valence-corrected chi connectivity index (χ0v) is 13.7. The van der Waals surface area contributed by atoms with Crippen LogP contribution in [0.2, 0.25) is 5.02 Å². The Balaban J connectivity index is 2.05. The van der Waals surface area contributed by atoms with E-state index in [0.29, 0.717) is 11.6 Å². The number of thiophene rings is 1. The predicted octanol–water partition coefficient (Wildman–Crippen LogP) is 2.83. The molecule has 0 fully saturated rings. The number of carbonyl (C=O) groups excluding carboxylic acids is 1. The van der Waals surface area contributed by atoms with Gasteiger partial charge in [0.05, 0.1) is 11.4 Å². The molecule has 0 radical (unpaired) electrons. The lowest BCUT2D eigenvalue weighted by molar-refractivity contribution is -0.127. The standard InChI is InChI=1S/C14H14ClNO3S2/c1-16(9-12-3-2-8-20-12)14(17)10-21(18,19)13-6-4-11(15)5-7-13/h2-8H,9-10H2,1H3. The van der Waals surface area contributed by atoms with Crippen LogP contribution in [0, 0.1) is 0 Å². The summed E-state index contributed by atoms with van der Waals surface area (Å²) >= 11 is 7.26. The second-order valence-corrected chi connectivity index (χ2v) is 8.00. The van der Waals surface area contributed by atoms with E-state index in [0.717, 1.165) is 4.88 Å². The third-order valence-corrected chi connectivity index (χ3v) is 5.62. The Morgan fingerprint density at radius 3 is 2.48 bits per heavy atom. The normalized spacial score (nSPS) is 11.3. The molecule has 0 saturated heterocycles. The van der Waals surface area contributed by atoms with Crippen LogP contribution in [-0.4, -0.2) is 32.0 Å². The van der Waals surface area contributed by atoms with Crippen molar-refractivity contribution in [1.29, 1.82) is 0 Å². The Hall–Kier alpha value is -1.37. The quantitative estimate of drug-likeness (QED) is 0.838. The number of halogens is 1. The van der Waals surface area contributed by atoms with E-state index in [1.54, 1.807) is 7.05 Å². The lowest BCUT2D eigenvalue weighted by Gasteiger charge is -2.16. The molecule has 0 spiro atoms. The first-order valence-electron chi connectivity index (χ1n) is 6.13. The first kappa shape index (κ1) is 16.0. The summed E-state index contributed by atoms with van der Waals surface area (Å²) in [5.74, 6) is -0.977. The second kappa shape index (κ2) is 6.60. The summed E-state index contributed by atoms with van der Waals surface area (Å²) in [6.45, 7) is 0.409. The van der Waals surface area contributed by atoms with Crippen LogP contribution < -0.4 is 0 Å². The van der Waals surface area contributed by atoms with Gasteiger partial charge in [-0.25, -0.2) is 8.42 Å². The van der Waals surface area contributed by atoms with E-state index in [-0.39, 0.29) is 4.90 Å². The number of hydrogen-bond donors (Lipinski definition) is 0. The number of amides is 1. The molecule has 4 nitrogen and oxygen atoms in total. The van der Waals surface area contributed by atoms with Crippen LogP contribution in [0.5, 0.6) is 0 Å². The van der Waals surface area contributed by atoms with E-state index in [9.17, 15) is 13.2 Å². The Kier molecular flexibility index (Phi) is 5.03. The highest BCUT2D eigenvalue weighted by Gasteiger charge is 2.22. The molecule has 1 aromatic carbocycles. The van der Waals surface area contributed by atoms with E-state index in [4.69, 9.17) is 11.6 Å². The van der Waals surface area contributed by atoms with Gasteiger partial charge in [-0.2, -0.15) is 0 Å². The van der Waals surface area contributed by atoms with Crippen molar-refractivity contribution >= 4 is 38.7 Å². The highest BCUT2D eigenvalue weighted by molar-refractivity contribution is 7.92. The van der Waals surface area contributed by atoms with Crippen molar-refractivity contribution in [3.8, 4) is 0 Å². The summed E-state index contributed by atoms with van der Waals surface area (Å²) in [5, 5.41) is 2.37. The molecule has 2 aromatic rings. The zero-order valence-electron chi connectivity index (χ0n) is 11.3. The maximum absolute atomic E-state index is 12.2. The summed E-state index contributed by atoms with van der Waals surface area (Å²) in [6, 6.07) is 9.60. The van der Waals surface area contributed by atoms with Gasteiger partial charge in [0.2, 0.25) is 5.91 Å². The molecule has 1 amide bonds. The number of nitrogens with zero attached hydrogens (tertiary/aromatic N) is 1. The molecule has 0 N–H and O–H groups in total. The van der Waals surface area contributed by atoms with Gasteiger partial charge in [-0.3, -0.25) is 4.79 Å². The van der Waals surface area contributed by atoms with E-state index in [2.05, 4.69) is 0 Å². The minimum atomic E-state index is -3.65. The van der Waals surface area contributed by atoms with Crippen molar-refractivity contribution in [2.24, 2.45) is 0 Å². The Labute approximate surface area is 132 Å². The summed E-state index contributed by atoms with van der Waals surface area (Å²) in [4.78, 5) is 14.6. The summed E-state index contributed by atoms with van der Waals surface area (Å²) in [6.07, 6.45) is 0. The van der Waals surface area contributed by atoms with Crippen molar-refractivity contribution < 1.29 is 13.2 Å². The molecule has 7 heteroatoms. The fourth-order valence-electron chi connectivity index (χ4n) is 1.72. The van der Waals surface area contributed by atoms with Crippen LogP contribution >= 0.6 is 22.9 Å². The highest BCUT2D eigenvalue weighted by atomic mass is 35.5. The lowest BCUT2D eigenvalue weighted by Crippen LogP contribution is -2.31. The smallest absolute Gasteiger partial charge is 0.238 e. The van der Waals surface area contributed by atoms with Gasteiger partial charge in [0, 0.05) is 16.9 Å². The molecule has 0 aliphatic rings. The van der Waals surface area contributed by atoms with Gasteiger partial charge >= 0.3 is 0 Å². The fourth-order valence-corrected chi connectivity index (χ4v) is 3.87. The molecule has 0 bridgehead atoms. The van der Waals surface area contributed by atoms with E-state index < -0.39 is 21.5 Å². The minimum absolute atomic E-state index is 0.102. The van der Waals surface area contributed by atoms with Crippen molar-refractivity contribution in [2.45, 2.75) is 11.4 Å². The van der Waals surface area contributed by atoms with Gasteiger partial charge in [-0.1, -0.05) is 17.7 Å². The van der Waals surface area contributed by atoms with Crippen molar-refractivity contribution in [3.63, 3.8) is 0 Å². The van der Waals surface area contributed by atoms with Crippen molar-refractivity contribution in [3.05, 3.63) is 51.7 Å². The number of sulfone groups is 1. The molecule has 112 valence electrons. The SMILES string of the molecule is CN(Cc1cccs1)C(=O)CS(=O)(=O)c1ccc(Cl)cc1. The van der Waals surface area contributed by atoms with Crippen molar-refractivity contribution in [2.75, 3.05) is 12.8 Å². The number of carbonyl (C=O) groups is 1. The molecule has 0 aliphatic carbocycles. The molecule has 21 heavy (non-hydrogen) atoms. The monoisotopic (exact) mass is 343 g/mol. The Morgan fingerprint density at radius 1 is 1.24 bits per heavy atom. The molecule has 0 unspecified atom stereocenters. The largest absolute Gasteiger partial charge is 0.340 e. The third-order valence-electron chi connectivity index (χ3n) is 2.89. The molecule has 2 rings (SSSR count). The van der Waals surface area contributed by atoms with Gasteiger partial charge in [0.15, 0.2) is 9.84 Å². The van der Waals surface area contributed by atoms with Gasteiger partial charge in [0.1, 0.15) is 5.75 Å². The average Bonchev–Trinajstić information content (AvgIpc) is 2.91. The maximum Gasteiger partial charge on any atom is 0.238 e. The summed E-state index contributed by atoms with van der Waals surface area (Å²) in [7, 11) is -2.05.